The topological polar surface area (TPSA) is 0 Å². The monoisotopic (exact) mass is 325 g/mol. The molecule has 2 aromatic rings. The lowest BCUT2D eigenvalue weighted by atomic mass is 9.80. The Morgan fingerprint density at radius 3 is 2.32 bits per heavy atom. The van der Waals surface area contributed by atoms with Crippen molar-refractivity contribution in [1.82, 2.24) is 0 Å². The molecular weight excluding hydrogens is 300 g/mol. The molecule has 0 aromatic heterocycles. The SMILES string of the molecule is C=C(CC(CC(C)c1ccccc1)C1=CC=[C+]C=C1)c1ccccc1. The molecule has 0 bridgehead atoms. The van der Waals surface area contributed by atoms with Crippen LogP contribution in [0, 0.1) is 12.0 Å². The summed E-state index contributed by atoms with van der Waals surface area (Å²) in [5.41, 5.74) is 5.22. The molecule has 25 heavy (non-hydrogen) atoms. The van der Waals surface area contributed by atoms with Crippen molar-refractivity contribution in [3.63, 3.8) is 0 Å². The molecule has 3 rings (SSSR count). The van der Waals surface area contributed by atoms with Crippen LogP contribution in [0.5, 0.6) is 0 Å². The molecule has 2 atom stereocenters. The van der Waals surface area contributed by atoms with E-state index in [1.165, 1.54) is 22.3 Å². The minimum absolute atomic E-state index is 0.456. The molecule has 2 unspecified atom stereocenters. The first-order valence-corrected chi connectivity index (χ1v) is 8.98. The van der Waals surface area contributed by atoms with Crippen LogP contribution in [0.25, 0.3) is 5.57 Å². The Kier molecular flexibility index (Phi) is 5.77. The van der Waals surface area contributed by atoms with Crippen molar-refractivity contribution < 1.29 is 0 Å². The maximum absolute atomic E-state index is 4.36. The molecule has 0 heterocycles. The molecule has 0 radical (unpaired) electrons. The van der Waals surface area contributed by atoms with Crippen LogP contribution in [-0.2, 0) is 0 Å². The van der Waals surface area contributed by atoms with Gasteiger partial charge in [0.25, 0.3) is 0 Å². The van der Waals surface area contributed by atoms with Crippen LogP contribution >= 0.6 is 0 Å². The Morgan fingerprint density at radius 2 is 1.68 bits per heavy atom. The lowest BCUT2D eigenvalue weighted by molar-refractivity contribution is 0.524. The fraction of sp³-hybridized carbons (Fsp3) is 0.200. The number of hydrogen-bond donors (Lipinski definition) is 0. The van der Waals surface area contributed by atoms with Crippen molar-refractivity contribution in [3.05, 3.63) is 114 Å². The van der Waals surface area contributed by atoms with E-state index in [1.54, 1.807) is 0 Å². The van der Waals surface area contributed by atoms with Gasteiger partial charge in [0, 0.05) is 12.0 Å². The van der Waals surface area contributed by atoms with Crippen LogP contribution in [0.2, 0.25) is 0 Å². The van der Waals surface area contributed by atoms with E-state index in [2.05, 4.69) is 92.4 Å². The van der Waals surface area contributed by atoms with E-state index >= 15 is 0 Å². The van der Waals surface area contributed by atoms with Gasteiger partial charge in [-0.15, -0.1) is 0 Å². The lowest BCUT2D eigenvalue weighted by Crippen LogP contribution is -2.09. The van der Waals surface area contributed by atoms with E-state index in [-0.39, 0.29) is 0 Å². The first-order chi connectivity index (χ1) is 12.2. The zero-order chi connectivity index (χ0) is 17.5. The number of hydrogen-bond acceptors (Lipinski definition) is 0. The third-order valence-electron chi connectivity index (χ3n) is 4.90. The van der Waals surface area contributed by atoms with Crippen LogP contribution in [0.1, 0.15) is 36.8 Å². The first kappa shape index (κ1) is 17.1. The van der Waals surface area contributed by atoms with Gasteiger partial charge in [-0.2, -0.15) is 0 Å². The number of benzene rings is 2. The molecular formula is C25H25+. The minimum atomic E-state index is 0.456. The van der Waals surface area contributed by atoms with Crippen molar-refractivity contribution in [3.8, 4) is 0 Å². The standard InChI is InChI=1S/C25H25/c1-20(22-12-6-3-7-13-22)18-25(24-16-10-5-11-17-24)19-21(2)23-14-8-4-9-15-23/h3-4,6-17,21,25H,1,18-19H2,2H3/q+1. The fourth-order valence-electron chi connectivity index (χ4n) is 3.44. The normalized spacial score (nSPS) is 15.2. The van der Waals surface area contributed by atoms with Gasteiger partial charge in [0.15, 0.2) is 0 Å². The summed E-state index contributed by atoms with van der Waals surface area (Å²) >= 11 is 0. The van der Waals surface area contributed by atoms with Gasteiger partial charge in [-0.3, -0.25) is 0 Å². The van der Waals surface area contributed by atoms with E-state index in [4.69, 9.17) is 0 Å². The molecule has 1 aliphatic rings. The lowest BCUT2D eigenvalue weighted by Gasteiger charge is -2.22. The minimum Gasteiger partial charge on any atom is -0.0952 e. The molecule has 1 aliphatic carbocycles. The molecule has 124 valence electrons. The van der Waals surface area contributed by atoms with Gasteiger partial charge in [-0.25, -0.2) is 0 Å². The van der Waals surface area contributed by atoms with Crippen molar-refractivity contribution in [2.75, 3.05) is 0 Å². The summed E-state index contributed by atoms with van der Waals surface area (Å²) in [6, 6.07) is 21.3. The first-order valence-electron chi connectivity index (χ1n) is 8.98. The largest absolute Gasteiger partial charge is 0.103 e. The highest BCUT2D eigenvalue weighted by Gasteiger charge is 2.22. The van der Waals surface area contributed by atoms with Crippen molar-refractivity contribution in [2.45, 2.75) is 25.7 Å². The van der Waals surface area contributed by atoms with Gasteiger partial charge in [0.1, 0.15) is 12.2 Å². The van der Waals surface area contributed by atoms with Crippen LogP contribution in [0.3, 0.4) is 0 Å². The van der Waals surface area contributed by atoms with Crippen molar-refractivity contribution in [1.29, 1.82) is 0 Å². The van der Waals surface area contributed by atoms with Gasteiger partial charge in [0.2, 0.25) is 0 Å². The summed E-state index contributed by atoms with van der Waals surface area (Å²) < 4.78 is 0. The Balaban J connectivity index is 1.78. The summed E-state index contributed by atoms with van der Waals surface area (Å²) in [5, 5.41) is 0. The molecule has 0 spiro atoms. The van der Waals surface area contributed by atoms with Gasteiger partial charge in [-0.05, 0) is 35.5 Å². The molecule has 0 N–H and O–H groups in total. The molecule has 0 saturated carbocycles. The average Bonchev–Trinajstić information content (AvgIpc) is 2.69. The summed E-state index contributed by atoms with van der Waals surface area (Å²) in [6.45, 7) is 6.68. The van der Waals surface area contributed by atoms with E-state index in [0.717, 1.165) is 12.8 Å². The highest BCUT2D eigenvalue weighted by Crippen LogP contribution is 2.35. The van der Waals surface area contributed by atoms with Crippen LogP contribution in [0.4, 0.5) is 0 Å². The van der Waals surface area contributed by atoms with Gasteiger partial charge < -0.3 is 0 Å². The summed E-state index contributed by atoms with van der Waals surface area (Å²) in [7, 11) is 0. The highest BCUT2D eigenvalue weighted by atomic mass is 14.2. The maximum Gasteiger partial charge on any atom is 0.103 e. The van der Waals surface area contributed by atoms with Gasteiger partial charge in [-0.1, -0.05) is 74.2 Å². The smallest absolute Gasteiger partial charge is 0.0952 e. The second-order valence-electron chi connectivity index (χ2n) is 6.75. The van der Waals surface area contributed by atoms with E-state index in [9.17, 15) is 0 Å². The van der Waals surface area contributed by atoms with Crippen LogP contribution < -0.4 is 0 Å². The summed E-state index contributed by atoms with van der Waals surface area (Å²) in [6.07, 6.45) is 13.6. The zero-order valence-corrected chi connectivity index (χ0v) is 14.9. The van der Waals surface area contributed by atoms with E-state index < -0.39 is 0 Å². The fourth-order valence-corrected chi connectivity index (χ4v) is 3.44. The quantitative estimate of drug-likeness (QED) is 0.494. The Labute approximate surface area is 151 Å². The molecule has 0 fully saturated rings. The Morgan fingerprint density at radius 1 is 1.00 bits per heavy atom. The summed E-state index contributed by atoms with van der Waals surface area (Å²) in [4.78, 5) is 0. The van der Waals surface area contributed by atoms with Crippen LogP contribution in [-0.4, -0.2) is 0 Å². The Hall–Kier alpha value is -2.69. The Bertz CT molecular complexity index is 775. The van der Waals surface area contributed by atoms with E-state index in [1.807, 2.05) is 12.2 Å². The molecule has 0 aliphatic heterocycles. The predicted molar refractivity (Wildman–Crippen MR) is 108 cm³/mol. The molecule has 0 saturated heterocycles. The van der Waals surface area contributed by atoms with Gasteiger partial charge in [0.05, 0.1) is 17.7 Å². The number of allylic oxidation sites excluding steroid dienone is 7. The van der Waals surface area contributed by atoms with E-state index in [0.29, 0.717) is 11.8 Å². The molecule has 0 heteroatoms. The second kappa shape index (κ2) is 8.42. The number of rotatable bonds is 7. The molecule has 0 nitrogen and oxygen atoms in total. The molecule has 0 amide bonds. The molecule has 2 aromatic carbocycles. The van der Waals surface area contributed by atoms with Crippen molar-refractivity contribution >= 4 is 5.57 Å². The average molecular weight is 325 g/mol. The zero-order valence-electron chi connectivity index (χ0n) is 14.9. The van der Waals surface area contributed by atoms with Gasteiger partial charge >= 0.3 is 0 Å². The summed E-state index contributed by atoms with van der Waals surface area (Å²) in [5.74, 6) is 0.969. The van der Waals surface area contributed by atoms with Crippen LogP contribution in [0.15, 0.2) is 97.1 Å². The van der Waals surface area contributed by atoms with Crippen molar-refractivity contribution in [2.24, 2.45) is 5.92 Å². The third-order valence-corrected chi connectivity index (χ3v) is 4.90. The second-order valence-corrected chi connectivity index (χ2v) is 6.75. The maximum atomic E-state index is 4.36. The predicted octanol–water partition coefficient (Wildman–Crippen LogP) is 6.76. The highest BCUT2D eigenvalue weighted by molar-refractivity contribution is 5.64. The third kappa shape index (κ3) is 4.66.